The van der Waals surface area contributed by atoms with Crippen LogP contribution in [0.15, 0.2) is 54.5 Å². The maximum atomic E-state index is 11.8. The molecule has 0 saturated heterocycles. The van der Waals surface area contributed by atoms with E-state index in [1.54, 1.807) is 31.6 Å². The molecular formula is C18H14N4O2. The van der Waals surface area contributed by atoms with E-state index in [2.05, 4.69) is 9.97 Å². The van der Waals surface area contributed by atoms with Crippen LogP contribution in [0.2, 0.25) is 0 Å². The lowest BCUT2D eigenvalue weighted by molar-refractivity contribution is -0.137. The molecule has 0 aliphatic carbocycles. The largest absolute Gasteiger partial charge is 0.462 e. The monoisotopic (exact) mass is 318 g/mol. The van der Waals surface area contributed by atoms with Gasteiger partial charge in [0, 0.05) is 29.5 Å². The molecule has 0 saturated carbocycles. The molecule has 2 aromatic heterocycles. The van der Waals surface area contributed by atoms with Crippen LogP contribution in [-0.4, -0.2) is 27.1 Å². The molecule has 0 aliphatic heterocycles. The predicted octanol–water partition coefficient (Wildman–Crippen LogP) is 2.89. The first-order chi connectivity index (χ1) is 11.7. The molecular weight excluding hydrogens is 304 g/mol. The van der Waals surface area contributed by atoms with Gasteiger partial charge < -0.3 is 4.74 Å². The topological polar surface area (TPSA) is 80.8 Å². The van der Waals surface area contributed by atoms with Crippen LogP contribution in [0.4, 0.5) is 0 Å². The first kappa shape index (κ1) is 15.4. The van der Waals surface area contributed by atoms with E-state index in [1.807, 2.05) is 34.9 Å². The van der Waals surface area contributed by atoms with Crippen LogP contribution in [0.5, 0.6) is 0 Å². The van der Waals surface area contributed by atoms with Crippen molar-refractivity contribution in [1.82, 2.24) is 14.5 Å². The Morgan fingerprint density at radius 1 is 1.29 bits per heavy atom. The molecule has 2 heterocycles. The highest BCUT2D eigenvalue weighted by Crippen LogP contribution is 2.25. The molecule has 3 rings (SSSR count). The number of hydrogen-bond acceptors (Lipinski definition) is 5. The summed E-state index contributed by atoms with van der Waals surface area (Å²) in [6.07, 6.45) is 6.65. The van der Waals surface area contributed by atoms with Gasteiger partial charge in [-0.1, -0.05) is 18.2 Å². The summed E-state index contributed by atoms with van der Waals surface area (Å²) < 4.78 is 6.73. The molecule has 0 bridgehead atoms. The van der Waals surface area contributed by atoms with Gasteiger partial charge in [0.25, 0.3) is 0 Å². The van der Waals surface area contributed by atoms with Crippen LogP contribution in [0.3, 0.4) is 0 Å². The summed E-state index contributed by atoms with van der Waals surface area (Å²) in [5.74, 6) is -0.115. The number of ether oxygens (including phenoxy) is 1. The molecule has 0 aliphatic rings. The van der Waals surface area contributed by atoms with Gasteiger partial charge in [-0.25, -0.2) is 14.8 Å². The Hall–Kier alpha value is -3.46. The molecule has 0 unspecified atom stereocenters. The van der Waals surface area contributed by atoms with Crippen LogP contribution >= 0.6 is 0 Å². The Bertz CT molecular complexity index is 952. The number of benzene rings is 1. The molecule has 0 atom stereocenters. The molecule has 6 heteroatoms. The minimum absolute atomic E-state index is 0.0475. The number of carbonyl (C=O) groups is 1. The van der Waals surface area contributed by atoms with E-state index in [0.29, 0.717) is 5.95 Å². The smallest absolute Gasteiger partial charge is 0.348 e. The minimum Gasteiger partial charge on any atom is -0.462 e. The van der Waals surface area contributed by atoms with Crippen molar-refractivity contribution < 1.29 is 9.53 Å². The van der Waals surface area contributed by atoms with Crippen molar-refractivity contribution in [3.8, 4) is 12.0 Å². The highest BCUT2D eigenvalue weighted by molar-refractivity contribution is 6.01. The maximum absolute atomic E-state index is 11.8. The number of nitriles is 1. The van der Waals surface area contributed by atoms with Crippen molar-refractivity contribution in [1.29, 1.82) is 5.26 Å². The fourth-order valence-corrected chi connectivity index (χ4v) is 2.40. The highest BCUT2D eigenvalue weighted by atomic mass is 16.5. The lowest BCUT2D eigenvalue weighted by atomic mass is 10.1. The van der Waals surface area contributed by atoms with E-state index in [1.165, 1.54) is 6.08 Å². The van der Waals surface area contributed by atoms with Crippen molar-refractivity contribution in [2.45, 2.75) is 6.92 Å². The Morgan fingerprint density at radius 3 is 2.75 bits per heavy atom. The minimum atomic E-state index is -0.632. The predicted molar refractivity (Wildman–Crippen MR) is 89.1 cm³/mol. The first-order valence-electron chi connectivity index (χ1n) is 7.41. The molecule has 118 valence electrons. The van der Waals surface area contributed by atoms with Gasteiger partial charge in [-0.15, -0.1) is 0 Å². The number of aromatic nitrogens is 3. The number of rotatable bonds is 4. The van der Waals surface area contributed by atoms with Crippen LogP contribution in [-0.2, 0) is 9.53 Å². The van der Waals surface area contributed by atoms with Gasteiger partial charge in [-0.05, 0) is 25.1 Å². The fourth-order valence-electron chi connectivity index (χ4n) is 2.40. The van der Waals surface area contributed by atoms with E-state index in [4.69, 9.17) is 4.74 Å². The van der Waals surface area contributed by atoms with Crippen LogP contribution in [0.1, 0.15) is 12.5 Å². The second-order valence-corrected chi connectivity index (χ2v) is 4.91. The Morgan fingerprint density at radius 2 is 2.04 bits per heavy atom. The molecule has 0 spiro atoms. The van der Waals surface area contributed by atoms with Gasteiger partial charge in [0.15, 0.2) is 0 Å². The molecule has 0 amide bonds. The summed E-state index contributed by atoms with van der Waals surface area (Å²) in [5, 5.41) is 10.1. The summed E-state index contributed by atoms with van der Waals surface area (Å²) in [6.45, 7) is 1.92. The molecule has 3 aromatic rings. The molecule has 24 heavy (non-hydrogen) atoms. The fraction of sp³-hybridized carbons (Fsp3) is 0.111. The highest BCUT2D eigenvalue weighted by Gasteiger charge is 2.14. The second-order valence-electron chi connectivity index (χ2n) is 4.91. The number of fused-ring (bicyclic) bond motifs is 1. The SMILES string of the molecule is CCOC(=O)/C(C#N)=C/c1cn(-c2ncccn2)c2ccccc12. The van der Waals surface area contributed by atoms with E-state index in [9.17, 15) is 10.1 Å². The second kappa shape index (κ2) is 6.75. The van der Waals surface area contributed by atoms with Gasteiger partial charge >= 0.3 is 5.97 Å². The molecule has 0 N–H and O–H groups in total. The normalized spacial score (nSPS) is 11.2. The van der Waals surface area contributed by atoms with Crippen molar-refractivity contribution in [3.63, 3.8) is 0 Å². The number of carbonyl (C=O) groups excluding carboxylic acids is 1. The number of esters is 1. The van der Waals surface area contributed by atoms with Crippen molar-refractivity contribution in [3.05, 3.63) is 60.1 Å². The standard InChI is InChI=1S/C18H14N4O2/c1-2-24-17(23)13(11-19)10-14-12-22(18-20-8-5-9-21-18)16-7-4-3-6-15(14)16/h3-10,12H,2H2,1H3/b13-10+. The molecule has 0 fully saturated rings. The van der Waals surface area contributed by atoms with Crippen LogP contribution < -0.4 is 0 Å². The lowest BCUT2D eigenvalue weighted by Crippen LogP contribution is -2.05. The summed E-state index contributed by atoms with van der Waals surface area (Å²) in [5.41, 5.74) is 1.56. The van der Waals surface area contributed by atoms with Crippen LogP contribution in [0.25, 0.3) is 22.9 Å². The zero-order chi connectivity index (χ0) is 16.9. The van der Waals surface area contributed by atoms with Gasteiger partial charge in [0.1, 0.15) is 11.6 Å². The maximum Gasteiger partial charge on any atom is 0.348 e. The lowest BCUT2D eigenvalue weighted by Gasteiger charge is -2.01. The summed E-state index contributed by atoms with van der Waals surface area (Å²) in [6, 6.07) is 11.3. The summed E-state index contributed by atoms with van der Waals surface area (Å²) in [4.78, 5) is 20.3. The number of nitrogens with zero attached hydrogens (tertiary/aromatic N) is 4. The Kier molecular flexibility index (Phi) is 4.34. The van der Waals surface area contributed by atoms with Crippen molar-refractivity contribution in [2.75, 3.05) is 6.61 Å². The van der Waals surface area contributed by atoms with E-state index < -0.39 is 5.97 Å². The third kappa shape index (κ3) is 2.88. The average molecular weight is 318 g/mol. The van der Waals surface area contributed by atoms with E-state index >= 15 is 0 Å². The molecule has 0 radical (unpaired) electrons. The average Bonchev–Trinajstić information content (AvgIpc) is 2.99. The van der Waals surface area contributed by atoms with Gasteiger partial charge in [-0.3, -0.25) is 4.57 Å². The Labute approximate surface area is 138 Å². The quantitative estimate of drug-likeness (QED) is 0.420. The number of para-hydroxylation sites is 1. The van der Waals surface area contributed by atoms with Gasteiger partial charge in [0.2, 0.25) is 5.95 Å². The number of hydrogen-bond donors (Lipinski definition) is 0. The Balaban J connectivity index is 2.16. The van der Waals surface area contributed by atoms with Crippen molar-refractivity contribution in [2.24, 2.45) is 0 Å². The van der Waals surface area contributed by atoms with Gasteiger partial charge in [0.05, 0.1) is 12.1 Å². The summed E-state index contributed by atoms with van der Waals surface area (Å²) in [7, 11) is 0. The zero-order valence-corrected chi connectivity index (χ0v) is 13.0. The van der Waals surface area contributed by atoms with E-state index in [0.717, 1.165) is 16.5 Å². The third-order valence-electron chi connectivity index (χ3n) is 3.43. The first-order valence-corrected chi connectivity index (χ1v) is 7.41. The summed E-state index contributed by atoms with van der Waals surface area (Å²) >= 11 is 0. The third-order valence-corrected chi connectivity index (χ3v) is 3.43. The van der Waals surface area contributed by atoms with Crippen LogP contribution in [0, 0.1) is 11.3 Å². The molecule has 1 aromatic carbocycles. The van der Waals surface area contributed by atoms with Gasteiger partial charge in [-0.2, -0.15) is 5.26 Å². The molecule has 6 nitrogen and oxygen atoms in total. The van der Waals surface area contributed by atoms with Crippen molar-refractivity contribution >= 4 is 22.9 Å². The zero-order valence-electron chi connectivity index (χ0n) is 13.0. The van der Waals surface area contributed by atoms with E-state index in [-0.39, 0.29) is 12.2 Å².